The highest BCUT2D eigenvalue weighted by atomic mass is 19.1. The Hall–Kier alpha value is -2.64. The van der Waals surface area contributed by atoms with Crippen LogP contribution in [0.3, 0.4) is 0 Å². The van der Waals surface area contributed by atoms with E-state index in [0.717, 1.165) is 82.4 Å². The standard InChI is InChI=1S/C28H40FN5O/c1-5-8-27-26(20-32(18-22(3)4)19-23-11-16-35-21-23)28(33-14-12-31(6-2)13-15-33)34(30-27)25-10-7-9-24(29)17-25/h7,9-11,16-17,21-22H,5-6,8,12-15,18-20H2,1-4H3. The van der Waals surface area contributed by atoms with E-state index in [9.17, 15) is 4.39 Å². The first kappa shape index (κ1) is 25.5. The Labute approximate surface area is 209 Å². The van der Waals surface area contributed by atoms with E-state index in [2.05, 4.69) is 42.4 Å². The van der Waals surface area contributed by atoms with Crippen LogP contribution in [0.15, 0.2) is 47.3 Å². The number of nitrogens with zero attached hydrogens (tertiary/aromatic N) is 5. The molecule has 0 saturated carbocycles. The lowest BCUT2D eigenvalue weighted by molar-refractivity contribution is 0.226. The molecule has 0 spiro atoms. The predicted octanol–water partition coefficient (Wildman–Crippen LogP) is 5.36. The van der Waals surface area contributed by atoms with Crippen LogP contribution in [0.5, 0.6) is 0 Å². The fraction of sp³-hybridized carbons (Fsp3) is 0.536. The molecule has 0 unspecified atom stereocenters. The first-order valence-corrected chi connectivity index (χ1v) is 13.1. The first-order valence-electron chi connectivity index (χ1n) is 13.1. The highest BCUT2D eigenvalue weighted by Gasteiger charge is 2.27. The van der Waals surface area contributed by atoms with Crippen molar-refractivity contribution in [3.63, 3.8) is 0 Å². The number of anilines is 1. The lowest BCUT2D eigenvalue weighted by Gasteiger charge is -2.36. The van der Waals surface area contributed by atoms with Crippen LogP contribution in [0.25, 0.3) is 5.69 Å². The summed E-state index contributed by atoms with van der Waals surface area (Å²) in [5.74, 6) is 1.42. The second-order valence-electron chi connectivity index (χ2n) is 10.0. The van der Waals surface area contributed by atoms with Gasteiger partial charge in [-0.1, -0.05) is 40.2 Å². The van der Waals surface area contributed by atoms with E-state index < -0.39 is 0 Å². The number of hydrogen-bond donors (Lipinski definition) is 0. The summed E-state index contributed by atoms with van der Waals surface area (Å²) in [6.45, 7) is 16.6. The SMILES string of the molecule is CCCc1nn(-c2cccc(F)c2)c(N2CCN(CC)CC2)c1CN(Cc1ccoc1)CC(C)C. The van der Waals surface area contributed by atoms with Gasteiger partial charge in [-0.3, -0.25) is 4.90 Å². The zero-order chi connectivity index (χ0) is 24.8. The maximum atomic E-state index is 14.3. The molecule has 0 bridgehead atoms. The van der Waals surface area contributed by atoms with E-state index in [1.807, 2.05) is 23.1 Å². The van der Waals surface area contributed by atoms with Crippen molar-refractivity contribution in [2.75, 3.05) is 44.2 Å². The lowest BCUT2D eigenvalue weighted by Crippen LogP contribution is -2.47. The number of likely N-dealkylation sites (N-methyl/N-ethyl adjacent to an activating group) is 1. The summed E-state index contributed by atoms with van der Waals surface area (Å²) < 4.78 is 21.6. The van der Waals surface area contributed by atoms with Gasteiger partial charge >= 0.3 is 0 Å². The highest BCUT2D eigenvalue weighted by molar-refractivity contribution is 5.56. The Morgan fingerprint density at radius 1 is 1.09 bits per heavy atom. The molecule has 1 fully saturated rings. The molecule has 0 N–H and O–H groups in total. The minimum Gasteiger partial charge on any atom is -0.472 e. The third-order valence-corrected chi connectivity index (χ3v) is 6.69. The fourth-order valence-electron chi connectivity index (χ4n) is 5.04. The highest BCUT2D eigenvalue weighted by Crippen LogP contribution is 2.31. The van der Waals surface area contributed by atoms with Crippen LogP contribution in [0.2, 0.25) is 0 Å². The smallest absolute Gasteiger partial charge is 0.137 e. The summed E-state index contributed by atoms with van der Waals surface area (Å²) in [6.07, 6.45) is 5.50. The second kappa shape index (κ2) is 11.9. The molecule has 1 aromatic carbocycles. The predicted molar refractivity (Wildman–Crippen MR) is 140 cm³/mol. The number of furan rings is 1. The van der Waals surface area contributed by atoms with Gasteiger partial charge in [-0.25, -0.2) is 9.07 Å². The van der Waals surface area contributed by atoms with E-state index in [-0.39, 0.29) is 5.82 Å². The van der Waals surface area contributed by atoms with Gasteiger partial charge in [0.25, 0.3) is 0 Å². The molecule has 7 heteroatoms. The number of hydrogen-bond acceptors (Lipinski definition) is 5. The molecule has 3 heterocycles. The zero-order valence-corrected chi connectivity index (χ0v) is 21.7. The van der Waals surface area contributed by atoms with Crippen LogP contribution in [0.4, 0.5) is 10.2 Å². The molecule has 0 aliphatic carbocycles. The normalized spacial score (nSPS) is 15.0. The Kier molecular flexibility index (Phi) is 8.63. The maximum absolute atomic E-state index is 14.3. The van der Waals surface area contributed by atoms with Crippen molar-refractivity contribution in [3.8, 4) is 5.69 Å². The molecule has 3 aromatic rings. The van der Waals surface area contributed by atoms with Gasteiger partial charge in [-0.15, -0.1) is 0 Å². The molecular formula is C28H40FN5O. The van der Waals surface area contributed by atoms with E-state index >= 15 is 0 Å². The summed E-state index contributed by atoms with van der Waals surface area (Å²) >= 11 is 0. The molecule has 0 atom stereocenters. The van der Waals surface area contributed by atoms with Gasteiger partial charge in [0.15, 0.2) is 0 Å². The van der Waals surface area contributed by atoms with Crippen molar-refractivity contribution in [1.29, 1.82) is 0 Å². The zero-order valence-electron chi connectivity index (χ0n) is 21.7. The van der Waals surface area contributed by atoms with Crippen molar-refractivity contribution >= 4 is 5.82 Å². The number of aromatic nitrogens is 2. The van der Waals surface area contributed by atoms with Crippen molar-refractivity contribution < 1.29 is 8.81 Å². The third-order valence-electron chi connectivity index (χ3n) is 6.69. The number of aryl methyl sites for hydroxylation is 1. The monoisotopic (exact) mass is 481 g/mol. The van der Waals surface area contributed by atoms with E-state index in [1.54, 1.807) is 18.4 Å². The molecule has 1 saturated heterocycles. The first-order chi connectivity index (χ1) is 17.0. The topological polar surface area (TPSA) is 40.7 Å². The fourth-order valence-corrected chi connectivity index (χ4v) is 5.04. The van der Waals surface area contributed by atoms with Crippen molar-refractivity contribution in [2.45, 2.75) is 53.6 Å². The van der Waals surface area contributed by atoms with E-state index in [0.29, 0.717) is 5.92 Å². The molecule has 1 aliphatic heterocycles. The second-order valence-corrected chi connectivity index (χ2v) is 10.0. The largest absolute Gasteiger partial charge is 0.472 e. The Bertz CT molecular complexity index is 1050. The molecule has 2 aromatic heterocycles. The van der Waals surface area contributed by atoms with Gasteiger partial charge in [0, 0.05) is 56.9 Å². The number of rotatable bonds is 11. The van der Waals surface area contributed by atoms with Crippen molar-refractivity contribution in [2.24, 2.45) is 5.92 Å². The summed E-state index contributed by atoms with van der Waals surface area (Å²) in [7, 11) is 0. The van der Waals surface area contributed by atoms with Crippen LogP contribution < -0.4 is 4.90 Å². The van der Waals surface area contributed by atoms with Crippen LogP contribution in [0.1, 0.15) is 50.9 Å². The molecule has 190 valence electrons. The van der Waals surface area contributed by atoms with E-state index in [4.69, 9.17) is 9.52 Å². The minimum atomic E-state index is -0.236. The summed E-state index contributed by atoms with van der Waals surface area (Å²) in [5, 5.41) is 5.10. The van der Waals surface area contributed by atoms with Gasteiger partial charge in [-0.05, 0) is 43.1 Å². The van der Waals surface area contributed by atoms with Crippen molar-refractivity contribution in [3.05, 3.63) is 65.5 Å². The summed E-state index contributed by atoms with van der Waals surface area (Å²) in [6, 6.07) is 8.86. The molecular weight excluding hydrogens is 441 g/mol. The van der Waals surface area contributed by atoms with Crippen LogP contribution in [0, 0.1) is 11.7 Å². The van der Waals surface area contributed by atoms with Gasteiger partial charge in [-0.2, -0.15) is 5.10 Å². The van der Waals surface area contributed by atoms with Gasteiger partial charge in [0.2, 0.25) is 0 Å². The number of benzene rings is 1. The Balaban J connectivity index is 1.77. The number of halogens is 1. The van der Waals surface area contributed by atoms with Crippen LogP contribution >= 0.6 is 0 Å². The minimum absolute atomic E-state index is 0.236. The van der Waals surface area contributed by atoms with Gasteiger partial charge < -0.3 is 14.2 Å². The van der Waals surface area contributed by atoms with Gasteiger partial charge in [0.05, 0.1) is 23.9 Å². The van der Waals surface area contributed by atoms with Crippen LogP contribution in [-0.4, -0.2) is 58.8 Å². The van der Waals surface area contributed by atoms with Crippen molar-refractivity contribution in [1.82, 2.24) is 19.6 Å². The average Bonchev–Trinajstić information content (AvgIpc) is 3.47. The van der Waals surface area contributed by atoms with Crippen LogP contribution in [-0.2, 0) is 19.5 Å². The molecule has 35 heavy (non-hydrogen) atoms. The molecule has 1 aliphatic rings. The quantitative estimate of drug-likeness (QED) is 0.369. The lowest BCUT2D eigenvalue weighted by atomic mass is 10.1. The third kappa shape index (κ3) is 6.33. The summed E-state index contributed by atoms with van der Waals surface area (Å²) in [4.78, 5) is 7.44. The van der Waals surface area contributed by atoms with E-state index in [1.165, 1.54) is 17.2 Å². The Morgan fingerprint density at radius 2 is 1.89 bits per heavy atom. The maximum Gasteiger partial charge on any atom is 0.137 e. The number of piperazine rings is 1. The Morgan fingerprint density at radius 3 is 2.51 bits per heavy atom. The molecule has 0 radical (unpaired) electrons. The van der Waals surface area contributed by atoms with Gasteiger partial charge in [0.1, 0.15) is 11.6 Å². The molecule has 6 nitrogen and oxygen atoms in total. The molecule has 0 amide bonds. The molecule has 4 rings (SSSR count). The summed E-state index contributed by atoms with van der Waals surface area (Å²) in [5.41, 5.74) is 4.35. The average molecular weight is 482 g/mol.